The van der Waals surface area contributed by atoms with E-state index in [1.165, 1.54) is 10.9 Å². The van der Waals surface area contributed by atoms with E-state index in [9.17, 15) is 13.5 Å². The third kappa shape index (κ3) is 5.00. The molecule has 0 aliphatic heterocycles. The van der Waals surface area contributed by atoms with Crippen LogP contribution in [-0.2, 0) is 20.7 Å². The van der Waals surface area contributed by atoms with Crippen LogP contribution in [0.25, 0.3) is 16.7 Å². The first kappa shape index (κ1) is 28.4. The number of rotatable bonds is 7. The number of hydrogen-bond acceptors (Lipinski definition) is 5. The van der Waals surface area contributed by atoms with Gasteiger partial charge in [-0.3, -0.25) is 0 Å². The molecule has 6 nitrogen and oxygen atoms in total. The van der Waals surface area contributed by atoms with Gasteiger partial charge in [0.1, 0.15) is 22.5 Å². The van der Waals surface area contributed by atoms with Gasteiger partial charge in [-0.2, -0.15) is 0 Å². The summed E-state index contributed by atoms with van der Waals surface area (Å²) in [5, 5.41) is 21.2. The molecule has 0 saturated carbocycles. The lowest BCUT2D eigenvalue weighted by atomic mass is 9.72. The van der Waals surface area contributed by atoms with Gasteiger partial charge in [-0.05, 0) is 53.1 Å². The van der Waals surface area contributed by atoms with Crippen LogP contribution < -0.4 is 0 Å². The molecule has 0 bridgehead atoms. The smallest absolute Gasteiger partial charge is 0.206 e. The van der Waals surface area contributed by atoms with Crippen LogP contribution >= 0.6 is 0 Å². The highest BCUT2D eigenvalue weighted by atomic mass is 32.2. The minimum absolute atomic E-state index is 0.0684. The Hall–Kier alpha value is -4.75. The molecule has 43 heavy (non-hydrogen) atoms. The summed E-state index contributed by atoms with van der Waals surface area (Å²) in [6, 6.07) is 37.4. The molecule has 0 spiro atoms. The van der Waals surface area contributed by atoms with Crippen LogP contribution in [0.1, 0.15) is 49.9 Å². The molecule has 0 amide bonds. The van der Waals surface area contributed by atoms with Crippen LogP contribution in [0.4, 0.5) is 0 Å². The Morgan fingerprint density at radius 2 is 1.12 bits per heavy atom. The lowest BCUT2D eigenvalue weighted by Gasteiger charge is -2.32. The molecular formula is C36H33N3O3S. The number of nitrogens with zero attached hydrogens (tertiary/aromatic N) is 3. The lowest BCUT2D eigenvalue weighted by molar-refractivity contribution is 0.445. The second kappa shape index (κ2) is 10.5. The molecule has 216 valence electrons. The Balaban J connectivity index is 1.54. The highest BCUT2D eigenvalue weighted by molar-refractivity contribution is 7.91. The van der Waals surface area contributed by atoms with Gasteiger partial charge in [0.25, 0.3) is 0 Å². The van der Waals surface area contributed by atoms with Crippen molar-refractivity contribution in [3.63, 3.8) is 0 Å². The molecular weight excluding hydrogens is 554 g/mol. The maximum absolute atomic E-state index is 13.3. The molecule has 7 heteroatoms. The van der Waals surface area contributed by atoms with E-state index >= 15 is 0 Å². The molecule has 1 heterocycles. The zero-order chi connectivity index (χ0) is 30.4. The fourth-order valence-electron chi connectivity index (χ4n) is 5.55. The zero-order valence-electron chi connectivity index (χ0n) is 24.6. The molecule has 6 aromatic rings. The molecule has 0 fully saturated rings. The van der Waals surface area contributed by atoms with Gasteiger partial charge in [0, 0.05) is 16.4 Å². The fraction of sp³-hybridized carbons (Fsp3) is 0.167. The summed E-state index contributed by atoms with van der Waals surface area (Å²) in [6.45, 7) is 8.50. The van der Waals surface area contributed by atoms with Crippen LogP contribution in [0.3, 0.4) is 0 Å². The SMILES string of the molecule is CC(C)(c1ccccc1)c1cc(-n2nc3ccc(S(=O)(=O)c4ccccc4)cc3n2)c(O)c(C(C)(C)c2ccccc2)c1. The van der Waals surface area contributed by atoms with Gasteiger partial charge in [-0.25, -0.2) is 8.42 Å². The predicted octanol–water partition coefficient (Wildman–Crippen LogP) is 7.61. The first-order chi connectivity index (χ1) is 20.5. The Kier molecular flexibility index (Phi) is 6.93. The van der Waals surface area contributed by atoms with Crippen molar-refractivity contribution in [3.8, 4) is 11.4 Å². The van der Waals surface area contributed by atoms with E-state index in [4.69, 9.17) is 0 Å². The maximum atomic E-state index is 13.3. The molecule has 1 N–H and O–H groups in total. The van der Waals surface area contributed by atoms with Crippen molar-refractivity contribution in [1.82, 2.24) is 15.0 Å². The summed E-state index contributed by atoms with van der Waals surface area (Å²) in [7, 11) is -3.73. The summed E-state index contributed by atoms with van der Waals surface area (Å²) >= 11 is 0. The molecule has 1 aromatic heterocycles. The summed E-state index contributed by atoms with van der Waals surface area (Å²) in [6.07, 6.45) is 0. The Morgan fingerprint density at radius 3 is 1.72 bits per heavy atom. The fourth-order valence-corrected chi connectivity index (χ4v) is 6.85. The number of hydrogen-bond donors (Lipinski definition) is 1. The maximum Gasteiger partial charge on any atom is 0.206 e. The van der Waals surface area contributed by atoms with Crippen LogP contribution in [0.2, 0.25) is 0 Å². The van der Waals surface area contributed by atoms with E-state index in [2.05, 4.69) is 68.2 Å². The Bertz CT molecular complexity index is 2030. The number of phenols is 1. The number of sulfone groups is 1. The van der Waals surface area contributed by atoms with E-state index in [1.54, 1.807) is 42.5 Å². The van der Waals surface area contributed by atoms with E-state index in [1.807, 2.05) is 42.5 Å². The van der Waals surface area contributed by atoms with Gasteiger partial charge < -0.3 is 5.11 Å². The van der Waals surface area contributed by atoms with E-state index < -0.39 is 20.7 Å². The molecule has 0 unspecified atom stereocenters. The third-order valence-corrected chi connectivity index (χ3v) is 10.2. The van der Waals surface area contributed by atoms with Gasteiger partial charge in [0.05, 0.1) is 9.79 Å². The summed E-state index contributed by atoms with van der Waals surface area (Å²) < 4.78 is 26.6. The Morgan fingerprint density at radius 1 is 0.581 bits per heavy atom. The largest absolute Gasteiger partial charge is 0.505 e. The normalized spacial score (nSPS) is 12.5. The van der Waals surface area contributed by atoms with Gasteiger partial charge in [0.2, 0.25) is 9.84 Å². The highest BCUT2D eigenvalue weighted by Gasteiger charge is 2.33. The van der Waals surface area contributed by atoms with Crippen LogP contribution in [0, 0.1) is 0 Å². The number of aromatic nitrogens is 3. The molecule has 0 aliphatic carbocycles. The monoisotopic (exact) mass is 587 g/mol. The second-order valence-corrected chi connectivity index (χ2v) is 13.8. The first-order valence-corrected chi connectivity index (χ1v) is 15.6. The van der Waals surface area contributed by atoms with Crippen LogP contribution in [0.15, 0.2) is 131 Å². The number of benzene rings is 5. The molecule has 0 radical (unpaired) electrons. The minimum Gasteiger partial charge on any atom is -0.505 e. The summed E-state index contributed by atoms with van der Waals surface area (Å²) in [5.41, 5.74) is 4.30. The molecule has 0 aliphatic rings. The average molecular weight is 588 g/mol. The minimum atomic E-state index is -3.73. The summed E-state index contributed by atoms with van der Waals surface area (Å²) in [5.74, 6) is 0.0684. The van der Waals surface area contributed by atoms with Crippen molar-refractivity contribution in [2.24, 2.45) is 0 Å². The quantitative estimate of drug-likeness (QED) is 0.208. The van der Waals surface area contributed by atoms with E-state index in [-0.39, 0.29) is 15.5 Å². The number of aromatic hydroxyl groups is 1. The van der Waals surface area contributed by atoms with Crippen molar-refractivity contribution < 1.29 is 13.5 Å². The van der Waals surface area contributed by atoms with E-state index in [0.29, 0.717) is 16.7 Å². The second-order valence-electron chi connectivity index (χ2n) is 11.8. The third-order valence-electron chi connectivity index (χ3n) is 8.41. The number of phenolic OH excluding ortho intramolecular Hbond substituents is 1. The number of fused-ring (bicyclic) bond motifs is 1. The highest BCUT2D eigenvalue weighted by Crippen LogP contribution is 2.44. The van der Waals surface area contributed by atoms with Gasteiger partial charge in [-0.1, -0.05) is 113 Å². The van der Waals surface area contributed by atoms with Crippen molar-refractivity contribution in [2.45, 2.75) is 48.3 Å². The molecule has 5 aromatic carbocycles. The lowest BCUT2D eigenvalue weighted by Crippen LogP contribution is -2.24. The standard InChI is InChI=1S/C36H33N3O3S/c1-35(2,25-14-8-5-9-15-25)27-22-30(36(3,4)26-16-10-6-11-17-26)34(40)33(23-27)39-37-31-21-20-29(24-32(31)38-39)43(41,42)28-18-12-7-13-19-28/h5-24,40H,1-4H3. The van der Waals surface area contributed by atoms with Gasteiger partial charge in [0.15, 0.2) is 0 Å². The Labute approximate surface area is 252 Å². The summed E-state index contributed by atoms with van der Waals surface area (Å²) in [4.78, 5) is 1.75. The van der Waals surface area contributed by atoms with E-state index in [0.717, 1.165) is 22.3 Å². The predicted molar refractivity (Wildman–Crippen MR) is 170 cm³/mol. The van der Waals surface area contributed by atoms with Gasteiger partial charge >= 0.3 is 0 Å². The van der Waals surface area contributed by atoms with Crippen molar-refractivity contribution in [3.05, 3.63) is 144 Å². The first-order valence-electron chi connectivity index (χ1n) is 14.2. The van der Waals surface area contributed by atoms with Gasteiger partial charge in [-0.15, -0.1) is 15.0 Å². The van der Waals surface area contributed by atoms with Crippen LogP contribution in [-0.4, -0.2) is 28.5 Å². The molecule has 6 rings (SSSR count). The van der Waals surface area contributed by atoms with Crippen molar-refractivity contribution in [2.75, 3.05) is 0 Å². The van der Waals surface area contributed by atoms with Crippen LogP contribution in [0.5, 0.6) is 5.75 Å². The molecule has 0 atom stereocenters. The average Bonchev–Trinajstić information content (AvgIpc) is 3.45. The van der Waals surface area contributed by atoms with Crippen molar-refractivity contribution >= 4 is 20.9 Å². The topological polar surface area (TPSA) is 85.1 Å². The van der Waals surface area contributed by atoms with Crippen molar-refractivity contribution in [1.29, 1.82) is 0 Å². The zero-order valence-corrected chi connectivity index (χ0v) is 25.4. The molecule has 0 saturated heterocycles.